The molecule has 1 aliphatic rings. The molecular formula is C11H15N5O. The largest absolute Gasteiger partial charge is 0.469 e. The van der Waals surface area contributed by atoms with Crippen molar-refractivity contribution in [2.75, 3.05) is 18.0 Å². The number of rotatable bonds is 2. The third kappa shape index (κ3) is 1.80. The summed E-state index contributed by atoms with van der Waals surface area (Å²) in [6.07, 6.45) is 2.65. The maximum atomic E-state index is 5.87. The molecule has 6 heteroatoms. The van der Waals surface area contributed by atoms with Gasteiger partial charge in [-0.15, -0.1) is 5.10 Å². The summed E-state index contributed by atoms with van der Waals surface area (Å²) < 4.78 is 5.25. The highest BCUT2D eigenvalue weighted by molar-refractivity contribution is 5.58. The molecule has 1 saturated heterocycles. The summed E-state index contributed by atoms with van der Waals surface area (Å²) in [5.41, 5.74) is 6.82. The molecule has 0 bridgehead atoms. The van der Waals surface area contributed by atoms with Crippen LogP contribution in [-0.2, 0) is 0 Å². The Morgan fingerprint density at radius 2 is 2.47 bits per heavy atom. The molecule has 3 N–H and O–H groups in total. The zero-order chi connectivity index (χ0) is 11.8. The summed E-state index contributed by atoms with van der Waals surface area (Å²) in [5, 5.41) is 7.16. The molecule has 1 atom stereocenters. The van der Waals surface area contributed by atoms with Crippen molar-refractivity contribution < 1.29 is 4.42 Å². The number of hydrogen-bond donors (Lipinski definition) is 2. The van der Waals surface area contributed by atoms with Gasteiger partial charge in [0.05, 0.1) is 11.8 Å². The molecule has 2 aromatic rings. The van der Waals surface area contributed by atoms with Crippen LogP contribution < -0.4 is 10.6 Å². The highest BCUT2D eigenvalue weighted by atomic mass is 16.3. The van der Waals surface area contributed by atoms with Crippen LogP contribution in [0.15, 0.2) is 16.7 Å². The van der Waals surface area contributed by atoms with Gasteiger partial charge in [-0.1, -0.05) is 0 Å². The van der Waals surface area contributed by atoms with E-state index in [2.05, 4.69) is 20.1 Å². The number of anilines is 1. The average Bonchev–Trinajstić information content (AvgIpc) is 2.97. The van der Waals surface area contributed by atoms with Gasteiger partial charge in [0.1, 0.15) is 5.76 Å². The summed E-state index contributed by atoms with van der Waals surface area (Å²) >= 11 is 0. The fraction of sp³-hybridized carbons (Fsp3) is 0.455. The molecule has 1 aliphatic heterocycles. The van der Waals surface area contributed by atoms with Crippen LogP contribution in [0.25, 0.3) is 11.4 Å². The zero-order valence-electron chi connectivity index (χ0n) is 9.68. The van der Waals surface area contributed by atoms with Gasteiger partial charge in [-0.3, -0.25) is 5.10 Å². The molecule has 3 rings (SSSR count). The number of hydrogen-bond acceptors (Lipinski definition) is 5. The third-order valence-electron chi connectivity index (χ3n) is 3.10. The van der Waals surface area contributed by atoms with Crippen LogP contribution >= 0.6 is 0 Å². The lowest BCUT2D eigenvalue weighted by Crippen LogP contribution is -2.26. The second-order valence-corrected chi connectivity index (χ2v) is 4.37. The van der Waals surface area contributed by atoms with Crippen molar-refractivity contribution in [1.29, 1.82) is 0 Å². The number of nitrogens with one attached hydrogen (secondary N) is 1. The second kappa shape index (κ2) is 3.89. The third-order valence-corrected chi connectivity index (χ3v) is 3.10. The van der Waals surface area contributed by atoms with E-state index in [1.807, 2.05) is 13.0 Å². The van der Waals surface area contributed by atoms with Crippen LogP contribution in [-0.4, -0.2) is 34.3 Å². The van der Waals surface area contributed by atoms with Crippen LogP contribution in [0, 0.1) is 6.92 Å². The van der Waals surface area contributed by atoms with E-state index in [1.54, 1.807) is 6.26 Å². The molecule has 0 aromatic carbocycles. The Morgan fingerprint density at radius 1 is 1.59 bits per heavy atom. The monoisotopic (exact) mass is 233 g/mol. The van der Waals surface area contributed by atoms with E-state index in [0.717, 1.165) is 36.7 Å². The first-order chi connectivity index (χ1) is 8.24. The minimum atomic E-state index is 0.229. The van der Waals surface area contributed by atoms with Crippen LogP contribution in [0.3, 0.4) is 0 Å². The van der Waals surface area contributed by atoms with Crippen molar-refractivity contribution >= 4 is 5.95 Å². The quantitative estimate of drug-likeness (QED) is 0.805. The standard InChI is InChI=1S/C11H15N5O/c1-7-9(3-5-17-7)10-13-11(15-14-10)16-4-2-8(12)6-16/h3,5,8H,2,4,6,12H2,1H3,(H,13,14,15). The minimum Gasteiger partial charge on any atom is -0.469 e. The fourth-order valence-electron chi connectivity index (χ4n) is 2.11. The van der Waals surface area contributed by atoms with Crippen LogP contribution in [0.1, 0.15) is 12.2 Å². The van der Waals surface area contributed by atoms with Crippen LogP contribution in [0.4, 0.5) is 5.95 Å². The van der Waals surface area contributed by atoms with Crippen molar-refractivity contribution in [2.24, 2.45) is 5.73 Å². The van der Waals surface area contributed by atoms with Gasteiger partial charge in [-0.05, 0) is 19.4 Å². The molecule has 1 fully saturated rings. The normalized spacial score (nSPS) is 20.1. The second-order valence-electron chi connectivity index (χ2n) is 4.37. The number of aromatic nitrogens is 3. The van der Waals surface area contributed by atoms with Gasteiger partial charge in [0.25, 0.3) is 0 Å². The predicted octanol–water partition coefficient (Wildman–Crippen LogP) is 0.911. The van der Waals surface area contributed by atoms with Crippen molar-refractivity contribution in [3.8, 4) is 11.4 Å². The molecule has 0 spiro atoms. The van der Waals surface area contributed by atoms with E-state index in [1.165, 1.54) is 0 Å². The average molecular weight is 233 g/mol. The Morgan fingerprint density at radius 3 is 3.12 bits per heavy atom. The van der Waals surface area contributed by atoms with Gasteiger partial charge in [0.15, 0.2) is 5.82 Å². The van der Waals surface area contributed by atoms with Crippen molar-refractivity contribution in [2.45, 2.75) is 19.4 Å². The van der Waals surface area contributed by atoms with E-state index in [0.29, 0.717) is 5.95 Å². The highest BCUT2D eigenvalue weighted by Gasteiger charge is 2.22. The number of furan rings is 1. The molecule has 0 aliphatic carbocycles. The van der Waals surface area contributed by atoms with Gasteiger partial charge in [0.2, 0.25) is 5.95 Å². The first kappa shape index (κ1) is 10.3. The number of aromatic amines is 1. The van der Waals surface area contributed by atoms with E-state index in [4.69, 9.17) is 10.2 Å². The predicted molar refractivity (Wildman–Crippen MR) is 63.6 cm³/mol. The molecule has 90 valence electrons. The van der Waals surface area contributed by atoms with Gasteiger partial charge >= 0.3 is 0 Å². The molecule has 0 saturated carbocycles. The Hall–Kier alpha value is -1.82. The Bertz CT molecular complexity index is 517. The topological polar surface area (TPSA) is 84.0 Å². The van der Waals surface area contributed by atoms with E-state index < -0.39 is 0 Å². The van der Waals surface area contributed by atoms with E-state index >= 15 is 0 Å². The molecule has 3 heterocycles. The minimum absolute atomic E-state index is 0.229. The van der Waals surface area contributed by atoms with Gasteiger partial charge in [0, 0.05) is 19.1 Å². The van der Waals surface area contributed by atoms with Crippen molar-refractivity contribution in [3.05, 3.63) is 18.1 Å². The molecule has 1 unspecified atom stereocenters. The molecular weight excluding hydrogens is 218 g/mol. The van der Waals surface area contributed by atoms with E-state index in [-0.39, 0.29) is 6.04 Å². The Balaban J connectivity index is 1.86. The van der Waals surface area contributed by atoms with E-state index in [9.17, 15) is 0 Å². The molecule has 17 heavy (non-hydrogen) atoms. The van der Waals surface area contributed by atoms with Crippen LogP contribution in [0.5, 0.6) is 0 Å². The number of aryl methyl sites for hydroxylation is 1. The lowest BCUT2D eigenvalue weighted by atomic mass is 10.2. The Kier molecular flexibility index (Phi) is 2.36. The van der Waals surface area contributed by atoms with Gasteiger partial charge < -0.3 is 15.1 Å². The highest BCUT2D eigenvalue weighted by Crippen LogP contribution is 2.23. The smallest absolute Gasteiger partial charge is 0.245 e. The lowest BCUT2D eigenvalue weighted by Gasteiger charge is -2.11. The summed E-state index contributed by atoms with van der Waals surface area (Å²) in [7, 11) is 0. The first-order valence-corrected chi connectivity index (χ1v) is 5.71. The fourth-order valence-corrected chi connectivity index (χ4v) is 2.11. The van der Waals surface area contributed by atoms with Crippen molar-refractivity contribution in [3.63, 3.8) is 0 Å². The summed E-state index contributed by atoms with van der Waals surface area (Å²) in [6, 6.07) is 2.11. The maximum Gasteiger partial charge on any atom is 0.245 e. The maximum absolute atomic E-state index is 5.87. The zero-order valence-corrected chi connectivity index (χ0v) is 9.68. The first-order valence-electron chi connectivity index (χ1n) is 5.71. The Labute approximate surface area is 98.8 Å². The number of H-pyrrole nitrogens is 1. The van der Waals surface area contributed by atoms with Crippen molar-refractivity contribution in [1.82, 2.24) is 15.2 Å². The molecule has 0 amide bonds. The number of nitrogens with two attached hydrogens (primary N) is 1. The lowest BCUT2D eigenvalue weighted by molar-refractivity contribution is 0.535. The van der Waals surface area contributed by atoms with Crippen LogP contribution in [0.2, 0.25) is 0 Å². The van der Waals surface area contributed by atoms with Gasteiger partial charge in [-0.2, -0.15) is 4.98 Å². The SMILES string of the molecule is Cc1occc1-c1nc(N2CCC(N)C2)n[nH]1. The molecule has 2 aromatic heterocycles. The van der Waals surface area contributed by atoms with Gasteiger partial charge in [-0.25, -0.2) is 0 Å². The molecule has 6 nitrogen and oxygen atoms in total. The summed E-state index contributed by atoms with van der Waals surface area (Å²) in [4.78, 5) is 6.57. The summed E-state index contributed by atoms with van der Waals surface area (Å²) in [6.45, 7) is 3.65. The number of nitrogens with zero attached hydrogens (tertiary/aromatic N) is 3. The summed E-state index contributed by atoms with van der Waals surface area (Å²) in [5.74, 6) is 2.30. The molecule has 0 radical (unpaired) electrons.